The van der Waals surface area contributed by atoms with E-state index in [1.54, 1.807) is 55.6 Å². The molecule has 18 atom stereocenters. The number of aliphatic hydroxyl groups is 5. The van der Waals surface area contributed by atoms with Crippen molar-refractivity contribution >= 4 is 5.97 Å². The number of carbonyl (C=O) groups excluding carboxylic acids is 1. The molecule has 6 N–H and O–H groups in total. The second-order valence-electron chi connectivity index (χ2n) is 15.8. The number of rotatable bonds is 6. The summed E-state index contributed by atoms with van der Waals surface area (Å²) in [7, 11) is 1.62. The Morgan fingerprint density at radius 2 is 1.49 bits per heavy atom. The Hall–Kier alpha value is 0.835. The molecule has 0 aromatic rings. The van der Waals surface area contributed by atoms with Crippen molar-refractivity contribution < 1.29 is 117 Å². The fraction of sp³-hybridized carbons (Fsp3) is 0.971. The third kappa shape index (κ3) is 11.0. The van der Waals surface area contributed by atoms with E-state index in [-0.39, 0.29) is 77.1 Å². The summed E-state index contributed by atoms with van der Waals surface area (Å²) < 4.78 is 37.0. The summed E-state index contributed by atoms with van der Waals surface area (Å²) in [6.45, 7) is 17.0. The topological polar surface area (TPSA) is 197 Å². The van der Waals surface area contributed by atoms with E-state index in [1.807, 2.05) is 13.8 Å². The van der Waals surface area contributed by atoms with E-state index < -0.39 is 108 Å². The molecule has 0 saturated carbocycles. The van der Waals surface area contributed by atoms with Crippen LogP contribution in [0, 0.1) is 23.7 Å². The minimum atomic E-state index is -1.91. The zero-order chi connectivity index (χ0) is 36.5. The van der Waals surface area contributed by atoms with Crippen molar-refractivity contribution in [3.05, 3.63) is 5.73 Å². The van der Waals surface area contributed by atoms with Gasteiger partial charge in [0, 0.05) is 31.8 Å². The quantitative estimate of drug-likeness (QED) is 0.229. The van der Waals surface area contributed by atoms with Crippen molar-refractivity contribution in [1.82, 2.24) is 0 Å². The molecule has 0 spiro atoms. The van der Waals surface area contributed by atoms with Crippen LogP contribution in [-0.2, 0) is 33.2 Å². The van der Waals surface area contributed by atoms with Crippen molar-refractivity contribution in [2.45, 2.75) is 186 Å². The SMILES string of the molecule is CC[C@H]1OC(=O)[C@H](C)[C@@H](O[C@H]2C[C@@](C)(OC)C[C@H](C)O2)[C@H](C)[C@@H](O[C@@H]2O[C@H](C)C[C@H]([NH-])[C@H]2O)[C@](C)(O)C[C@@H](C)[C@H](O)[C@H](C)[C@@H](O)[C@]1(C)O.[Rb+]. The monoisotopic (exact) mass is 775 g/mol. The van der Waals surface area contributed by atoms with Gasteiger partial charge >= 0.3 is 64.2 Å². The molecule has 3 rings (SSSR count). The van der Waals surface area contributed by atoms with Crippen LogP contribution in [0.2, 0.25) is 0 Å². The molecule has 0 unspecified atom stereocenters. The zero-order valence-electron chi connectivity index (χ0n) is 31.8. The molecule has 3 aliphatic rings. The van der Waals surface area contributed by atoms with Crippen LogP contribution in [-0.4, -0.2) is 123 Å². The van der Waals surface area contributed by atoms with Crippen molar-refractivity contribution in [3.63, 3.8) is 0 Å². The van der Waals surface area contributed by atoms with Gasteiger partial charge in [0.1, 0.15) is 11.7 Å². The van der Waals surface area contributed by atoms with Crippen LogP contribution in [0.15, 0.2) is 0 Å². The molecule has 49 heavy (non-hydrogen) atoms. The number of nitrogens with one attached hydrogen (secondary N) is 1. The number of hydrogen-bond donors (Lipinski definition) is 5. The van der Waals surface area contributed by atoms with E-state index >= 15 is 0 Å². The van der Waals surface area contributed by atoms with Gasteiger partial charge in [-0.3, -0.25) is 4.79 Å². The van der Waals surface area contributed by atoms with Gasteiger partial charge in [0.25, 0.3) is 0 Å². The van der Waals surface area contributed by atoms with Crippen LogP contribution in [0.4, 0.5) is 0 Å². The van der Waals surface area contributed by atoms with Crippen LogP contribution in [0.1, 0.15) is 101 Å². The minimum Gasteiger partial charge on any atom is -0.672 e. The summed E-state index contributed by atoms with van der Waals surface area (Å²) >= 11 is 0. The molecule has 3 fully saturated rings. The van der Waals surface area contributed by atoms with E-state index in [2.05, 4.69) is 0 Å². The Bertz CT molecular complexity index is 1050. The maximum Gasteiger partial charge on any atom is 1.00 e. The van der Waals surface area contributed by atoms with Crippen molar-refractivity contribution in [1.29, 1.82) is 0 Å². The Kier molecular flexibility index (Phi) is 17.3. The van der Waals surface area contributed by atoms with E-state index in [0.717, 1.165) is 0 Å². The first-order valence-electron chi connectivity index (χ1n) is 17.7. The van der Waals surface area contributed by atoms with Gasteiger partial charge in [-0.05, 0) is 66.7 Å². The predicted octanol–water partition coefficient (Wildman–Crippen LogP) is 0.101. The van der Waals surface area contributed by atoms with Gasteiger partial charge in [-0.25, -0.2) is 0 Å². The third-order valence-corrected chi connectivity index (χ3v) is 11.1. The van der Waals surface area contributed by atoms with Gasteiger partial charge in [-0.2, -0.15) is 0 Å². The molecule has 3 aliphatic heterocycles. The molecule has 0 aliphatic carbocycles. The standard InChI is InChI=1S/C35H64NO12.Rb/c1-12-24-35(10,42)29(39)20(5)26(37)17(2)14-34(9,41)30(48-32-27(38)23(36)13-18(3)45-32)21(6)28(22(7)31(40)46-24)47-25-16-33(8,43-11)15-19(4)44-25;/h17-30,32,36-39,41-42H,12-16H2,1-11H3;/q-1;+1/t17-,18-,19+,20+,21+,22-,23+,24-,25+,26+,27-,28+,29-,30-,32+,33+,34-,35-;/m1./s1. The number of hydrogen-bond acceptors (Lipinski definition) is 12. The number of esters is 1. The number of aliphatic hydroxyl groups excluding tert-OH is 3. The Morgan fingerprint density at radius 3 is 2.06 bits per heavy atom. The summed E-state index contributed by atoms with van der Waals surface area (Å²) in [5.41, 5.74) is 4.19. The molecule has 14 heteroatoms. The summed E-state index contributed by atoms with van der Waals surface area (Å²) in [5, 5.41) is 57.6. The average Bonchev–Trinajstić information content (AvgIpc) is 3.00. The van der Waals surface area contributed by atoms with Gasteiger partial charge in [-0.15, -0.1) is 6.04 Å². The molecule has 13 nitrogen and oxygen atoms in total. The largest absolute Gasteiger partial charge is 1.00 e. The average molecular weight is 776 g/mol. The smallest absolute Gasteiger partial charge is 0.672 e. The second-order valence-corrected chi connectivity index (χ2v) is 15.8. The number of ether oxygens (including phenoxy) is 6. The van der Waals surface area contributed by atoms with Crippen molar-refractivity contribution in [2.75, 3.05) is 7.11 Å². The van der Waals surface area contributed by atoms with E-state index in [9.17, 15) is 30.3 Å². The molecule has 0 bridgehead atoms. The Balaban J connectivity index is 0.00000833. The maximum absolute atomic E-state index is 14.0. The van der Waals surface area contributed by atoms with Gasteiger partial charge in [0.2, 0.25) is 0 Å². The van der Waals surface area contributed by atoms with E-state index in [1.165, 1.54) is 6.92 Å². The molecule has 0 amide bonds. The van der Waals surface area contributed by atoms with Crippen LogP contribution in [0.5, 0.6) is 0 Å². The minimum absolute atomic E-state index is 0. The van der Waals surface area contributed by atoms with E-state index in [4.69, 9.17) is 34.2 Å². The van der Waals surface area contributed by atoms with Crippen molar-refractivity contribution in [3.8, 4) is 0 Å². The van der Waals surface area contributed by atoms with Crippen molar-refractivity contribution in [2.24, 2.45) is 23.7 Å². The van der Waals surface area contributed by atoms with Crippen LogP contribution in [0.25, 0.3) is 5.73 Å². The fourth-order valence-corrected chi connectivity index (χ4v) is 8.15. The Morgan fingerprint density at radius 1 is 0.878 bits per heavy atom. The molecule has 0 aromatic carbocycles. The summed E-state index contributed by atoms with van der Waals surface area (Å²) in [5.74, 6) is -3.99. The maximum atomic E-state index is 14.0. The zero-order valence-corrected chi connectivity index (χ0v) is 36.7. The summed E-state index contributed by atoms with van der Waals surface area (Å²) in [6, 6.07) is -0.885. The fourth-order valence-electron chi connectivity index (χ4n) is 8.15. The van der Waals surface area contributed by atoms with Gasteiger partial charge < -0.3 is 59.7 Å². The summed E-state index contributed by atoms with van der Waals surface area (Å²) in [6.07, 6.45) is -8.55. The van der Waals surface area contributed by atoms with Gasteiger partial charge in [0.05, 0.1) is 59.8 Å². The first kappa shape index (κ1) is 46.0. The van der Waals surface area contributed by atoms with Gasteiger partial charge in [0.15, 0.2) is 12.6 Å². The molecule has 3 heterocycles. The molecule has 0 radical (unpaired) electrons. The molecule has 3 saturated heterocycles. The number of carbonyl (C=O) groups is 1. The predicted molar refractivity (Wildman–Crippen MR) is 177 cm³/mol. The molecular formula is C35H64NO12Rb. The number of methoxy groups -OCH3 is 1. The molecular weight excluding hydrogens is 712 g/mol. The van der Waals surface area contributed by atoms with Crippen LogP contribution in [0.3, 0.4) is 0 Å². The second kappa shape index (κ2) is 18.4. The first-order chi connectivity index (χ1) is 22.1. The van der Waals surface area contributed by atoms with E-state index in [0.29, 0.717) is 19.3 Å². The van der Waals surface area contributed by atoms with Crippen LogP contribution >= 0.6 is 0 Å². The first-order valence-corrected chi connectivity index (χ1v) is 17.7. The van der Waals surface area contributed by atoms with Crippen LogP contribution < -0.4 is 58.2 Å². The number of cyclic esters (lactones) is 1. The normalized spacial score (nSPS) is 50.9. The van der Waals surface area contributed by atoms with Gasteiger partial charge in [-0.1, -0.05) is 27.7 Å². The third-order valence-electron chi connectivity index (χ3n) is 11.1. The molecule has 0 aromatic heterocycles. The summed E-state index contributed by atoms with van der Waals surface area (Å²) in [4.78, 5) is 14.0. The Labute approximate surface area is 342 Å². The molecule has 282 valence electrons.